The second-order valence-corrected chi connectivity index (χ2v) is 7.74. The summed E-state index contributed by atoms with van der Waals surface area (Å²) in [5.41, 5.74) is 1.98. The zero-order valence-corrected chi connectivity index (χ0v) is 18.2. The molecule has 2 heterocycles. The van der Waals surface area contributed by atoms with Crippen LogP contribution < -0.4 is 10.1 Å². The second-order valence-electron chi connectivity index (χ2n) is 6.92. The molecule has 0 atom stereocenters. The Morgan fingerprint density at radius 3 is 2.74 bits per heavy atom. The third kappa shape index (κ3) is 5.29. The Bertz CT molecular complexity index is 1220. The van der Waals surface area contributed by atoms with E-state index in [0.29, 0.717) is 28.2 Å². The summed E-state index contributed by atoms with van der Waals surface area (Å²) < 4.78 is 13.1. The Kier molecular flexibility index (Phi) is 6.30. The second kappa shape index (κ2) is 9.29. The molecule has 4 aromatic rings. The van der Waals surface area contributed by atoms with Crippen LogP contribution in [-0.2, 0) is 13.2 Å². The van der Waals surface area contributed by atoms with E-state index in [-0.39, 0.29) is 18.3 Å². The van der Waals surface area contributed by atoms with Crippen molar-refractivity contribution in [1.82, 2.24) is 9.78 Å². The topological polar surface area (TPSA) is 69.3 Å². The number of para-hydroxylation sites is 1. The lowest BCUT2D eigenvalue weighted by atomic mass is 10.2. The normalized spacial score (nSPS) is 10.8. The summed E-state index contributed by atoms with van der Waals surface area (Å²) in [7, 11) is 0. The van der Waals surface area contributed by atoms with Gasteiger partial charge in [0.25, 0.3) is 5.91 Å². The summed E-state index contributed by atoms with van der Waals surface area (Å²) in [6.07, 6.45) is 1.77. The molecule has 0 saturated carbocycles. The number of carbonyl (C=O) groups excluding carboxylic acids is 1. The van der Waals surface area contributed by atoms with Crippen molar-refractivity contribution in [3.8, 4) is 5.75 Å². The molecule has 0 fully saturated rings. The Balaban J connectivity index is 1.34. The maximum absolute atomic E-state index is 12.5. The smallest absolute Gasteiger partial charge is 0.292 e. The first-order chi connectivity index (χ1) is 15.0. The number of furan rings is 1. The van der Waals surface area contributed by atoms with E-state index in [4.69, 9.17) is 32.4 Å². The number of nitrogens with zero attached hydrogens (tertiary/aromatic N) is 2. The van der Waals surface area contributed by atoms with Gasteiger partial charge in [-0.15, -0.1) is 0 Å². The Hall–Kier alpha value is -3.22. The molecule has 0 saturated heterocycles. The lowest BCUT2D eigenvalue weighted by molar-refractivity contribution is 0.0992. The third-order valence-electron chi connectivity index (χ3n) is 4.56. The highest BCUT2D eigenvalue weighted by molar-refractivity contribution is 6.42. The molecular weight excluding hydrogens is 437 g/mol. The van der Waals surface area contributed by atoms with Crippen LogP contribution in [0.25, 0.3) is 0 Å². The van der Waals surface area contributed by atoms with Crippen molar-refractivity contribution in [2.24, 2.45) is 0 Å². The molecule has 158 valence electrons. The van der Waals surface area contributed by atoms with Gasteiger partial charge in [0, 0.05) is 12.3 Å². The summed E-state index contributed by atoms with van der Waals surface area (Å²) in [6.45, 7) is 2.70. The fraction of sp³-hybridized carbons (Fsp3) is 0.130. The monoisotopic (exact) mass is 455 g/mol. The Morgan fingerprint density at radius 2 is 1.94 bits per heavy atom. The molecule has 0 aliphatic rings. The van der Waals surface area contributed by atoms with Gasteiger partial charge in [-0.3, -0.25) is 9.48 Å². The summed E-state index contributed by atoms with van der Waals surface area (Å²) >= 11 is 12.0. The molecule has 0 spiro atoms. The van der Waals surface area contributed by atoms with Crippen molar-refractivity contribution >= 4 is 34.9 Å². The van der Waals surface area contributed by atoms with Gasteiger partial charge in [-0.25, -0.2) is 0 Å². The first-order valence-corrected chi connectivity index (χ1v) is 10.3. The highest BCUT2D eigenvalue weighted by atomic mass is 35.5. The summed E-state index contributed by atoms with van der Waals surface area (Å²) in [5, 5.41) is 8.07. The number of aryl methyl sites for hydroxylation is 1. The standard InChI is InChI=1S/C23H19Cl2N3O3/c1-15-4-2-3-5-20(15)30-14-17-7-9-21(31-17)23(29)26-22-10-11-28(27-22)13-16-6-8-18(24)19(25)12-16/h2-12H,13-14H2,1H3,(H,26,27,29). The fourth-order valence-electron chi connectivity index (χ4n) is 2.96. The van der Waals surface area contributed by atoms with E-state index in [1.54, 1.807) is 41.2 Å². The van der Waals surface area contributed by atoms with Gasteiger partial charge >= 0.3 is 0 Å². The SMILES string of the molecule is Cc1ccccc1OCc1ccc(C(=O)Nc2ccn(Cc3ccc(Cl)c(Cl)c3)n2)o1. The van der Waals surface area contributed by atoms with Gasteiger partial charge in [0.2, 0.25) is 0 Å². The van der Waals surface area contributed by atoms with E-state index < -0.39 is 0 Å². The zero-order chi connectivity index (χ0) is 21.8. The lowest BCUT2D eigenvalue weighted by Gasteiger charge is -2.06. The first-order valence-electron chi connectivity index (χ1n) is 9.54. The average molecular weight is 456 g/mol. The van der Waals surface area contributed by atoms with Gasteiger partial charge in [-0.2, -0.15) is 5.10 Å². The van der Waals surface area contributed by atoms with Crippen molar-refractivity contribution in [3.05, 3.63) is 99.6 Å². The quantitative estimate of drug-likeness (QED) is 0.372. The van der Waals surface area contributed by atoms with Crippen molar-refractivity contribution in [2.75, 3.05) is 5.32 Å². The minimum atomic E-state index is -0.387. The van der Waals surface area contributed by atoms with Crippen LogP contribution in [0.5, 0.6) is 5.75 Å². The number of halogens is 2. The Morgan fingerprint density at radius 1 is 1.10 bits per heavy atom. The fourth-order valence-corrected chi connectivity index (χ4v) is 3.28. The lowest BCUT2D eigenvalue weighted by Crippen LogP contribution is -2.12. The van der Waals surface area contributed by atoms with Gasteiger partial charge in [0.15, 0.2) is 11.6 Å². The van der Waals surface area contributed by atoms with E-state index in [2.05, 4.69) is 10.4 Å². The number of hydrogen-bond donors (Lipinski definition) is 1. The molecule has 0 bridgehead atoms. The number of benzene rings is 2. The number of rotatable bonds is 7. The molecule has 31 heavy (non-hydrogen) atoms. The van der Waals surface area contributed by atoms with E-state index in [9.17, 15) is 4.79 Å². The van der Waals surface area contributed by atoms with E-state index in [1.165, 1.54) is 0 Å². The van der Waals surface area contributed by atoms with Gasteiger partial charge in [0.1, 0.15) is 18.1 Å². The van der Waals surface area contributed by atoms with Gasteiger partial charge in [-0.05, 0) is 48.4 Å². The molecule has 8 heteroatoms. The number of ether oxygens (including phenoxy) is 1. The Labute approximate surface area is 189 Å². The number of nitrogens with one attached hydrogen (secondary N) is 1. The minimum absolute atomic E-state index is 0.183. The van der Waals surface area contributed by atoms with Crippen molar-refractivity contribution < 1.29 is 13.9 Å². The van der Waals surface area contributed by atoms with Crippen LogP contribution in [0.4, 0.5) is 5.82 Å². The molecule has 6 nitrogen and oxygen atoms in total. The van der Waals surface area contributed by atoms with E-state index >= 15 is 0 Å². The zero-order valence-electron chi connectivity index (χ0n) is 16.6. The predicted octanol–water partition coefficient (Wildman–Crippen LogP) is 5.97. The van der Waals surface area contributed by atoms with Crippen molar-refractivity contribution in [3.63, 3.8) is 0 Å². The molecule has 0 aliphatic heterocycles. The van der Waals surface area contributed by atoms with Crippen LogP contribution in [0.1, 0.15) is 27.4 Å². The summed E-state index contributed by atoms with van der Waals surface area (Å²) in [5.74, 6) is 1.54. The molecule has 2 aromatic carbocycles. The summed E-state index contributed by atoms with van der Waals surface area (Å²) in [6, 6.07) is 18.1. The predicted molar refractivity (Wildman–Crippen MR) is 120 cm³/mol. The van der Waals surface area contributed by atoms with E-state index in [1.807, 2.05) is 37.3 Å². The summed E-state index contributed by atoms with van der Waals surface area (Å²) in [4.78, 5) is 12.5. The maximum Gasteiger partial charge on any atom is 0.292 e. The van der Waals surface area contributed by atoms with Gasteiger partial charge in [-0.1, -0.05) is 47.5 Å². The highest BCUT2D eigenvalue weighted by Gasteiger charge is 2.14. The number of aromatic nitrogens is 2. The first kappa shape index (κ1) is 21.0. The van der Waals surface area contributed by atoms with Crippen molar-refractivity contribution in [1.29, 1.82) is 0 Å². The highest BCUT2D eigenvalue weighted by Crippen LogP contribution is 2.23. The third-order valence-corrected chi connectivity index (χ3v) is 5.30. The molecule has 1 amide bonds. The van der Waals surface area contributed by atoms with Gasteiger partial charge in [0.05, 0.1) is 16.6 Å². The molecule has 4 rings (SSSR count). The average Bonchev–Trinajstić information content (AvgIpc) is 3.40. The molecule has 0 aliphatic carbocycles. The van der Waals surface area contributed by atoms with Crippen LogP contribution in [0.3, 0.4) is 0 Å². The number of anilines is 1. The van der Waals surface area contributed by atoms with Crippen LogP contribution in [0, 0.1) is 6.92 Å². The molecule has 1 N–H and O–H groups in total. The largest absolute Gasteiger partial charge is 0.485 e. The maximum atomic E-state index is 12.5. The molecule has 0 radical (unpaired) electrons. The van der Waals surface area contributed by atoms with Gasteiger partial charge < -0.3 is 14.5 Å². The van der Waals surface area contributed by atoms with Crippen molar-refractivity contribution in [2.45, 2.75) is 20.1 Å². The minimum Gasteiger partial charge on any atom is -0.485 e. The number of hydrogen-bond acceptors (Lipinski definition) is 4. The molecular formula is C23H19Cl2N3O3. The molecule has 2 aromatic heterocycles. The van der Waals surface area contributed by atoms with Crippen LogP contribution in [-0.4, -0.2) is 15.7 Å². The van der Waals surface area contributed by atoms with Crippen LogP contribution in [0.15, 0.2) is 71.3 Å². The number of carbonyl (C=O) groups is 1. The number of amides is 1. The van der Waals surface area contributed by atoms with Crippen LogP contribution >= 0.6 is 23.2 Å². The van der Waals surface area contributed by atoms with Crippen LogP contribution in [0.2, 0.25) is 10.0 Å². The van der Waals surface area contributed by atoms with E-state index in [0.717, 1.165) is 16.9 Å². The molecule has 0 unspecified atom stereocenters.